The average Bonchev–Trinajstić information content (AvgIpc) is 2.73. The first-order valence-electron chi connectivity index (χ1n) is 7.16. The van der Waals surface area contributed by atoms with Crippen LogP contribution in [0.15, 0.2) is 48.7 Å². The quantitative estimate of drug-likeness (QED) is 0.599. The normalized spacial score (nSPS) is 18.0. The summed E-state index contributed by atoms with van der Waals surface area (Å²) in [5.41, 5.74) is 2.43. The van der Waals surface area contributed by atoms with Crippen LogP contribution < -0.4 is 10.2 Å². The summed E-state index contributed by atoms with van der Waals surface area (Å²) >= 11 is 0. The van der Waals surface area contributed by atoms with Crippen LogP contribution >= 0.6 is 0 Å². The number of anilines is 1. The van der Waals surface area contributed by atoms with Crippen LogP contribution in [-0.2, 0) is 0 Å². The Bertz CT molecular complexity index is 557. The Morgan fingerprint density at radius 2 is 2.05 bits per heavy atom. The third-order valence-electron chi connectivity index (χ3n) is 3.67. The third-order valence-corrected chi connectivity index (χ3v) is 3.67. The fraction of sp³-hybridized carbons (Fsp3) is 0.294. The predicted octanol–water partition coefficient (Wildman–Crippen LogP) is 2.59. The van der Waals surface area contributed by atoms with Crippen molar-refractivity contribution in [3.05, 3.63) is 60.2 Å². The molecule has 2 aliphatic rings. The summed E-state index contributed by atoms with van der Waals surface area (Å²) in [6.45, 7) is 6.20. The molecule has 0 atom stereocenters. The monoisotopic (exact) mass is 528 g/mol. The minimum absolute atomic E-state index is 0. The first-order chi connectivity index (χ1) is 9.84. The van der Waals surface area contributed by atoms with Gasteiger partial charge in [0.2, 0.25) is 0 Å². The number of hydrogen-bond acceptors (Lipinski definition) is 3. The topological polar surface area (TPSA) is 28.2 Å². The molecular weight excluding hydrogens is 508 g/mol. The predicted molar refractivity (Wildman–Crippen MR) is 84.5 cm³/mol. The van der Waals surface area contributed by atoms with Crippen LogP contribution in [0, 0.1) is 5.92 Å². The summed E-state index contributed by atoms with van der Waals surface area (Å²) in [5, 5.41) is 3.39. The molecule has 0 bridgehead atoms. The van der Waals surface area contributed by atoms with Crippen molar-refractivity contribution in [2.75, 3.05) is 31.1 Å². The molecule has 2 heterocycles. The molecule has 1 aliphatic carbocycles. The molecule has 1 aromatic rings. The molecule has 1 radical (unpaired) electrons. The number of piperazine rings is 1. The molecule has 3 nitrogen and oxygen atoms in total. The zero-order valence-corrected chi connectivity index (χ0v) is 14.2. The Hall–Kier alpha value is -3.00. The number of pyridine rings is 1. The van der Waals surface area contributed by atoms with E-state index in [-0.39, 0.29) is 0 Å². The largest absolute Gasteiger partial charge is 0.354 e. The minimum Gasteiger partial charge on any atom is -0.354 e. The van der Waals surface area contributed by atoms with Crippen LogP contribution in [0.3, 0.4) is 0 Å². The molecule has 3 rings (SSSR count). The maximum absolute atomic E-state index is 4.62. The molecule has 1 fully saturated rings. The smallest absolute Gasteiger partial charge is 0.135 e. The summed E-state index contributed by atoms with van der Waals surface area (Å²) in [6.07, 6.45) is 12.6. The van der Waals surface area contributed by atoms with Crippen molar-refractivity contribution in [3.8, 4) is 0 Å². The summed E-state index contributed by atoms with van der Waals surface area (Å²) in [4.78, 5) is 6.99. The number of nitrogens with one attached hydrogen (secondary N) is 1. The van der Waals surface area contributed by atoms with Crippen LogP contribution in [0.4, 0.5) is 5.82 Å². The zero-order chi connectivity index (χ0) is 13.8. The third kappa shape index (κ3) is 3.12. The zero-order valence-electron chi connectivity index (χ0n) is 12.1. The number of rotatable bonds is 2. The first kappa shape index (κ1) is 14.4. The average molecular weight is 528 g/mol. The van der Waals surface area contributed by atoms with Gasteiger partial charge in [0.25, 0.3) is 0 Å². The Labute approximate surface area is 120 Å². The molecule has 4 heteroatoms. The molecule has 0 aromatic carbocycles. The molecule has 119 valence electrons. The van der Waals surface area contributed by atoms with E-state index >= 15 is 0 Å². The van der Waals surface area contributed by atoms with Crippen LogP contribution in [0.1, 0.15) is 12.5 Å². The van der Waals surface area contributed by atoms with E-state index in [1.807, 2.05) is 12.3 Å². The first-order valence-corrected chi connectivity index (χ1v) is 7.16. The van der Waals surface area contributed by atoms with Crippen molar-refractivity contribution in [1.82, 2.24) is 10.3 Å². The van der Waals surface area contributed by atoms with Crippen LogP contribution in [-0.4, -0.2) is 31.2 Å². The van der Waals surface area contributed by atoms with E-state index in [0.29, 0.717) is 0 Å². The van der Waals surface area contributed by atoms with Gasteiger partial charge in [0.15, 0.2) is 0 Å². The van der Waals surface area contributed by atoms with Gasteiger partial charge in [-0.15, -0.1) is 6.08 Å². The van der Waals surface area contributed by atoms with Crippen molar-refractivity contribution in [3.63, 3.8) is 0 Å². The maximum atomic E-state index is 4.62. The van der Waals surface area contributed by atoms with Gasteiger partial charge in [-0.3, -0.25) is 0 Å². The van der Waals surface area contributed by atoms with Gasteiger partial charge in [-0.1, -0.05) is 18.6 Å². The summed E-state index contributed by atoms with van der Waals surface area (Å²) in [7, 11) is 0. The van der Waals surface area contributed by atoms with E-state index < -0.39 is 0 Å². The van der Waals surface area contributed by atoms with Gasteiger partial charge in [0.1, 0.15) is 5.82 Å². The molecule has 0 amide bonds. The van der Waals surface area contributed by atoms with E-state index in [1.165, 1.54) is 17.1 Å². The molecule has 1 aliphatic heterocycles. The number of allylic oxidation sites excluding steroid dienone is 6. The van der Waals surface area contributed by atoms with Crippen molar-refractivity contribution in [2.24, 2.45) is 0 Å². The molecule has 1 saturated heterocycles. The molecule has 0 spiro atoms. The van der Waals surface area contributed by atoms with Gasteiger partial charge < -0.3 is 10.2 Å². The van der Waals surface area contributed by atoms with Gasteiger partial charge >= 0.3 is 0 Å². The Balaban J connectivity index is 0.00000161. The Morgan fingerprint density at radius 1 is 1.24 bits per heavy atom. The second-order valence-electron chi connectivity index (χ2n) is 5.17. The van der Waals surface area contributed by atoms with Crippen molar-refractivity contribution < 1.29 is 0 Å². The number of hydrogen-bond donors (Lipinski definition) is 1. The van der Waals surface area contributed by atoms with Gasteiger partial charge in [-0.25, -0.2) is 4.98 Å². The fourth-order valence-electron chi connectivity index (χ4n) is 2.57. The summed E-state index contributed by atoms with van der Waals surface area (Å²) in [6, 6.07) is 4.18. The van der Waals surface area contributed by atoms with Gasteiger partial charge in [-0.05, 0) is 6.07 Å². The van der Waals surface area contributed by atoms with Crippen molar-refractivity contribution >= 4 is 11.4 Å². The van der Waals surface area contributed by atoms with Crippen LogP contribution in [0.2, 0.25) is 0 Å². The maximum Gasteiger partial charge on any atom is 0.135 e. The van der Waals surface area contributed by atoms with E-state index in [0.717, 1.165) is 32.0 Å². The molecule has 0 saturated carbocycles. The van der Waals surface area contributed by atoms with Gasteiger partial charge in [0, 0.05) is 37.9 Å². The molecular formula is C17H20LrN3-. The van der Waals surface area contributed by atoms with E-state index in [4.69, 9.17) is 0 Å². The second-order valence-corrected chi connectivity index (χ2v) is 5.17. The number of nitrogens with zero attached hydrogens (tertiary/aromatic N) is 2. The van der Waals surface area contributed by atoms with Crippen molar-refractivity contribution in [2.45, 2.75) is 6.92 Å². The molecule has 1 N–H and O–H groups in total. The molecule has 0 unspecified atom stereocenters. The van der Waals surface area contributed by atoms with Gasteiger partial charge in [-0.2, -0.15) is 30.2 Å². The second kappa shape index (κ2) is 6.44. The SMILES string of the molecule is C[C-]1C=CC=C(c2cccnc2N2CCNCC2)C=C1.[Lr]. The standard InChI is InChI=1S/C17H20N3.Lr/c1-14-4-2-5-15(8-7-14)16-6-3-9-19-17(16)20-12-10-18-11-13-20;/h2-9,18H,10-13H2,1H3;/q-1;. The summed E-state index contributed by atoms with van der Waals surface area (Å²) in [5.74, 6) is 2.36. The van der Waals surface area contributed by atoms with Gasteiger partial charge in [0.05, 0.1) is 0 Å². The Morgan fingerprint density at radius 3 is 2.86 bits per heavy atom. The fourth-order valence-corrected chi connectivity index (χ4v) is 2.57. The molecule has 21 heavy (non-hydrogen) atoms. The number of aromatic nitrogens is 1. The Kier molecular flexibility index (Phi) is 4.42. The van der Waals surface area contributed by atoms with E-state index in [2.05, 4.69) is 58.6 Å². The summed E-state index contributed by atoms with van der Waals surface area (Å²) < 4.78 is 0. The molecule has 1 aromatic heterocycles. The van der Waals surface area contributed by atoms with Crippen LogP contribution in [0.25, 0.3) is 5.57 Å². The van der Waals surface area contributed by atoms with Crippen molar-refractivity contribution in [1.29, 1.82) is 0 Å². The van der Waals surface area contributed by atoms with E-state index in [9.17, 15) is 0 Å². The minimum atomic E-state index is 0. The van der Waals surface area contributed by atoms with E-state index in [1.54, 1.807) is 0 Å². The van der Waals surface area contributed by atoms with Crippen LogP contribution in [0.5, 0.6) is 0 Å².